The second-order valence-corrected chi connectivity index (χ2v) is 10.9. The molecule has 160 valence electrons. The van der Waals surface area contributed by atoms with Crippen molar-refractivity contribution < 1.29 is 22.0 Å². The Bertz CT molecular complexity index is 1070. The first kappa shape index (κ1) is 21.1. The van der Waals surface area contributed by atoms with Crippen LogP contribution in [-0.2, 0) is 14.6 Å². The number of amides is 1. The average Bonchev–Trinajstić information content (AvgIpc) is 3.42. The molecule has 2 saturated carbocycles. The van der Waals surface area contributed by atoms with E-state index in [1.807, 2.05) is 6.92 Å². The molecule has 1 aromatic carbocycles. The summed E-state index contributed by atoms with van der Waals surface area (Å²) >= 11 is 1.28. The number of carbonyl (C=O) groups is 1. The summed E-state index contributed by atoms with van der Waals surface area (Å²) in [6, 6.07) is 6.12. The Morgan fingerprint density at radius 2 is 1.80 bits per heavy atom. The van der Waals surface area contributed by atoms with E-state index in [0.717, 1.165) is 5.69 Å². The molecule has 1 aromatic heterocycles. The van der Waals surface area contributed by atoms with E-state index in [0.29, 0.717) is 23.5 Å². The second kappa shape index (κ2) is 8.19. The van der Waals surface area contributed by atoms with Crippen molar-refractivity contribution in [2.75, 3.05) is 5.32 Å². The van der Waals surface area contributed by atoms with Gasteiger partial charge in [0.25, 0.3) is 5.91 Å². The average molecular weight is 453 g/mol. The lowest BCUT2D eigenvalue weighted by molar-refractivity contribution is -0.111. The zero-order valence-electron chi connectivity index (χ0n) is 16.3. The molecular formula is C21H22F2N2O3S2. The quantitative estimate of drug-likeness (QED) is 0.655. The van der Waals surface area contributed by atoms with Gasteiger partial charge in [0.05, 0.1) is 15.8 Å². The Morgan fingerprint density at radius 1 is 1.17 bits per heavy atom. The van der Waals surface area contributed by atoms with Crippen LogP contribution in [0.4, 0.5) is 13.9 Å². The largest absolute Gasteiger partial charge is 0.298 e. The van der Waals surface area contributed by atoms with E-state index in [1.165, 1.54) is 23.5 Å². The fraction of sp³-hybridized carbons (Fsp3) is 0.429. The molecular weight excluding hydrogens is 430 g/mol. The van der Waals surface area contributed by atoms with E-state index in [9.17, 15) is 22.0 Å². The van der Waals surface area contributed by atoms with Crippen molar-refractivity contribution in [2.45, 2.75) is 55.1 Å². The highest BCUT2D eigenvalue weighted by molar-refractivity contribution is 7.92. The molecule has 30 heavy (non-hydrogen) atoms. The molecule has 1 heterocycles. The molecule has 1 amide bonds. The first-order valence-electron chi connectivity index (χ1n) is 9.82. The van der Waals surface area contributed by atoms with Gasteiger partial charge < -0.3 is 0 Å². The summed E-state index contributed by atoms with van der Waals surface area (Å²) in [4.78, 5) is 17.4. The fourth-order valence-electron chi connectivity index (χ4n) is 3.62. The van der Waals surface area contributed by atoms with Crippen LogP contribution in [-0.4, -0.2) is 36.9 Å². The Kier molecular flexibility index (Phi) is 5.76. The van der Waals surface area contributed by atoms with Gasteiger partial charge in [-0.1, -0.05) is 18.2 Å². The Morgan fingerprint density at radius 3 is 2.33 bits per heavy atom. The minimum Gasteiger partial charge on any atom is -0.298 e. The number of anilines is 1. The lowest BCUT2D eigenvalue weighted by atomic mass is 9.98. The lowest BCUT2D eigenvalue weighted by Gasteiger charge is -2.12. The van der Waals surface area contributed by atoms with Crippen LogP contribution in [0, 0.1) is 12.8 Å². The van der Waals surface area contributed by atoms with Gasteiger partial charge in [-0.15, -0.1) is 11.3 Å². The standard InChI is InChI=1S/C21H22F2N2O3S2/c1-12-11-29-21(24-12)25-20(26)17(8-13-9-18(22)19(23)10-13)14-2-4-15(5-3-14)30(27,28)16-6-7-16/h2-5,8,11,13,16,18-19H,6-7,9-10H2,1H3,(H,24,25,26)/b17-8+/t13-,18+,19-. The number of nitrogens with one attached hydrogen (secondary N) is 1. The summed E-state index contributed by atoms with van der Waals surface area (Å²) < 4.78 is 52.2. The van der Waals surface area contributed by atoms with E-state index in [4.69, 9.17) is 0 Å². The molecule has 4 rings (SSSR count). The van der Waals surface area contributed by atoms with Crippen molar-refractivity contribution in [3.63, 3.8) is 0 Å². The first-order chi connectivity index (χ1) is 14.2. The van der Waals surface area contributed by atoms with E-state index >= 15 is 0 Å². The van der Waals surface area contributed by atoms with Crippen LogP contribution < -0.4 is 5.32 Å². The molecule has 2 aliphatic carbocycles. The zero-order chi connectivity index (χ0) is 21.5. The van der Waals surface area contributed by atoms with Gasteiger partial charge in [-0.3, -0.25) is 10.1 Å². The normalized spacial score (nSPS) is 24.8. The third-order valence-corrected chi connectivity index (χ3v) is 8.55. The summed E-state index contributed by atoms with van der Waals surface area (Å²) in [6.45, 7) is 1.81. The predicted molar refractivity (Wildman–Crippen MR) is 113 cm³/mol. The third-order valence-electron chi connectivity index (χ3n) is 5.39. The smallest absolute Gasteiger partial charge is 0.257 e. The van der Waals surface area contributed by atoms with Crippen molar-refractivity contribution >= 4 is 37.8 Å². The van der Waals surface area contributed by atoms with Gasteiger partial charge in [-0.2, -0.15) is 0 Å². The van der Waals surface area contributed by atoms with Crippen LogP contribution in [0.15, 0.2) is 40.6 Å². The number of thiazole rings is 1. The third kappa shape index (κ3) is 4.46. The van der Waals surface area contributed by atoms with Crippen molar-refractivity contribution in [1.82, 2.24) is 4.98 Å². The maximum absolute atomic E-state index is 13.7. The summed E-state index contributed by atoms with van der Waals surface area (Å²) in [6.07, 6.45) is -0.119. The van der Waals surface area contributed by atoms with Gasteiger partial charge in [0.2, 0.25) is 0 Å². The molecule has 2 fully saturated rings. The highest BCUT2D eigenvalue weighted by atomic mass is 32.2. The monoisotopic (exact) mass is 452 g/mol. The highest BCUT2D eigenvalue weighted by Gasteiger charge is 2.37. The van der Waals surface area contributed by atoms with Gasteiger partial charge in [-0.05, 0) is 56.2 Å². The van der Waals surface area contributed by atoms with E-state index in [1.54, 1.807) is 23.6 Å². The van der Waals surface area contributed by atoms with Crippen LogP contribution in [0.3, 0.4) is 0 Å². The predicted octanol–water partition coefficient (Wildman–Crippen LogP) is 4.50. The number of sulfone groups is 1. The second-order valence-electron chi connectivity index (χ2n) is 7.86. The Hall–Kier alpha value is -2.13. The summed E-state index contributed by atoms with van der Waals surface area (Å²) in [7, 11) is -3.34. The zero-order valence-corrected chi connectivity index (χ0v) is 18.0. The van der Waals surface area contributed by atoms with Crippen molar-refractivity contribution in [3.8, 4) is 0 Å². The summed E-state index contributed by atoms with van der Waals surface area (Å²) in [5.41, 5.74) is 1.52. The SMILES string of the molecule is Cc1csc(NC(=O)/C(=C/[C@H]2C[C@@H](F)[C@@H](F)C2)c2ccc(S(=O)(=O)C3CC3)cc2)n1. The topological polar surface area (TPSA) is 76.1 Å². The first-order valence-corrected chi connectivity index (χ1v) is 12.2. The number of hydrogen-bond acceptors (Lipinski definition) is 5. The van der Waals surface area contributed by atoms with E-state index in [-0.39, 0.29) is 28.6 Å². The van der Waals surface area contributed by atoms with Crippen LogP contribution in [0.1, 0.15) is 36.9 Å². The number of allylic oxidation sites excluding steroid dienone is 1. The van der Waals surface area contributed by atoms with Crippen LogP contribution in [0.5, 0.6) is 0 Å². The van der Waals surface area contributed by atoms with Crippen LogP contribution in [0.25, 0.3) is 5.57 Å². The minimum atomic E-state index is -3.34. The fourth-order valence-corrected chi connectivity index (χ4v) is 5.96. The number of halogens is 2. The number of benzene rings is 1. The van der Waals surface area contributed by atoms with Gasteiger partial charge in [0.1, 0.15) is 12.3 Å². The molecule has 0 radical (unpaired) electrons. The molecule has 0 aliphatic heterocycles. The Balaban J connectivity index is 1.63. The number of hydrogen-bond donors (Lipinski definition) is 1. The number of aromatic nitrogens is 1. The molecule has 9 heteroatoms. The molecule has 0 saturated heterocycles. The number of carbonyl (C=O) groups excluding carboxylic acids is 1. The highest BCUT2D eigenvalue weighted by Crippen LogP contribution is 2.36. The molecule has 0 unspecified atom stereocenters. The van der Waals surface area contributed by atoms with E-state index in [2.05, 4.69) is 10.3 Å². The van der Waals surface area contributed by atoms with Gasteiger partial charge in [0, 0.05) is 11.0 Å². The van der Waals surface area contributed by atoms with Crippen molar-refractivity contribution in [2.24, 2.45) is 5.92 Å². The van der Waals surface area contributed by atoms with Gasteiger partial charge >= 0.3 is 0 Å². The number of alkyl halides is 2. The lowest BCUT2D eigenvalue weighted by Crippen LogP contribution is -2.15. The molecule has 2 aliphatic rings. The van der Waals surface area contributed by atoms with Gasteiger partial charge in [0.15, 0.2) is 15.0 Å². The van der Waals surface area contributed by atoms with Crippen molar-refractivity contribution in [1.29, 1.82) is 0 Å². The van der Waals surface area contributed by atoms with Gasteiger partial charge in [-0.25, -0.2) is 22.2 Å². The van der Waals surface area contributed by atoms with Crippen LogP contribution >= 0.6 is 11.3 Å². The maximum Gasteiger partial charge on any atom is 0.257 e. The van der Waals surface area contributed by atoms with Crippen molar-refractivity contribution in [3.05, 3.63) is 47.0 Å². The molecule has 5 nitrogen and oxygen atoms in total. The van der Waals surface area contributed by atoms with E-state index < -0.39 is 34.0 Å². The number of nitrogens with zero attached hydrogens (tertiary/aromatic N) is 1. The number of rotatable bonds is 6. The van der Waals surface area contributed by atoms with Crippen LogP contribution in [0.2, 0.25) is 0 Å². The molecule has 0 bridgehead atoms. The maximum atomic E-state index is 13.7. The molecule has 0 spiro atoms. The Labute approximate surface area is 178 Å². The molecule has 1 N–H and O–H groups in total. The molecule has 3 atom stereocenters. The molecule has 2 aromatic rings. The summed E-state index contributed by atoms with van der Waals surface area (Å²) in [5.74, 6) is -0.858. The summed E-state index contributed by atoms with van der Waals surface area (Å²) in [5, 5.41) is 4.63. The minimum absolute atomic E-state index is 0.0163. The number of aryl methyl sites for hydroxylation is 1.